The second-order valence-electron chi connectivity index (χ2n) is 7.60. The maximum Gasteiger partial charge on any atom is 0.356 e. The van der Waals surface area contributed by atoms with Gasteiger partial charge in [-0.25, -0.2) is 23.6 Å². The standard InChI is InChI=1S/C10H12N2O2.C9H7N3OS.C8H8N2O2/c1-4-6-12-9(7-8(3)11-12)10(13)14-5-2;1-3-4-12-8(5-7(2)11-12)9(13)14-6-10;1-3-4-10-7(8(11)12)5-6(2)9-10/h1,7H,5-6H2,2-3H3;1,5H,4H2,2H3;1,5H,4H2,2H3,(H,11,12). The van der Waals surface area contributed by atoms with E-state index in [1.165, 1.54) is 20.1 Å². The van der Waals surface area contributed by atoms with Gasteiger partial charge in [-0.05, 0) is 45.9 Å². The van der Waals surface area contributed by atoms with Gasteiger partial charge in [0.25, 0.3) is 5.12 Å². The van der Waals surface area contributed by atoms with Crippen molar-refractivity contribution in [3.8, 4) is 42.4 Å². The number of carboxylic acids is 1. The number of carbonyl (C=O) groups is 3. The number of thiocyanates is 1. The van der Waals surface area contributed by atoms with Crippen molar-refractivity contribution in [2.24, 2.45) is 0 Å². The first-order valence-electron chi connectivity index (χ1n) is 11.5. The molecule has 3 rings (SSSR count). The minimum atomic E-state index is -1.01. The van der Waals surface area contributed by atoms with E-state index in [1.54, 1.807) is 45.2 Å². The Balaban J connectivity index is 0.000000301. The van der Waals surface area contributed by atoms with Crippen LogP contribution in [0.4, 0.5) is 0 Å². The summed E-state index contributed by atoms with van der Waals surface area (Å²) in [5.74, 6) is 5.75. The highest BCUT2D eigenvalue weighted by atomic mass is 32.2. The van der Waals surface area contributed by atoms with Crippen molar-refractivity contribution >= 4 is 28.8 Å². The van der Waals surface area contributed by atoms with E-state index in [2.05, 4.69) is 33.1 Å². The Morgan fingerprint density at radius 1 is 0.850 bits per heavy atom. The van der Waals surface area contributed by atoms with Crippen molar-refractivity contribution in [3.63, 3.8) is 0 Å². The minimum Gasteiger partial charge on any atom is -0.477 e. The average molecular weight is 562 g/mol. The molecule has 40 heavy (non-hydrogen) atoms. The summed E-state index contributed by atoms with van der Waals surface area (Å²) in [6.07, 6.45) is 15.3. The van der Waals surface area contributed by atoms with E-state index >= 15 is 0 Å². The summed E-state index contributed by atoms with van der Waals surface area (Å²) in [6.45, 7) is 8.10. The topological polar surface area (TPSA) is 158 Å². The van der Waals surface area contributed by atoms with Crippen LogP contribution >= 0.6 is 11.8 Å². The summed E-state index contributed by atoms with van der Waals surface area (Å²) in [5, 5.41) is 30.4. The molecule has 0 unspecified atom stereocenters. The number of thioether (sulfide) groups is 1. The van der Waals surface area contributed by atoms with Crippen LogP contribution in [0, 0.1) is 68.5 Å². The number of hydrogen-bond acceptors (Lipinski definition) is 9. The fourth-order valence-corrected chi connectivity index (χ4v) is 3.41. The van der Waals surface area contributed by atoms with Crippen molar-refractivity contribution < 1.29 is 24.2 Å². The van der Waals surface area contributed by atoms with Gasteiger partial charge in [0.2, 0.25) is 0 Å². The summed E-state index contributed by atoms with van der Waals surface area (Å²) in [5.41, 5.74) is 3.02. The summed E-state index contributed by atoms with van der Waals surface area (Å²) in [7, 11) is 0. The Hall–Kier alpha value is -5.24. The zero-order chi connectivity index (χ0) is 30.2. The van der Waals surface area contributed by atoms with Gasteiger partial charge in [0.15, 0.2) is 0 Å². The molecule has 1 N–H and O–H groups in total. The molecule has 3 aromatic rings. The van der Waals surface area contributed by atoms with Gasteiger partial charge >= 0.3 is 11.9 Å². The second kappa shape index (κ2) is 16.6. The number of aromatic carboxylic acids is 1. The van der Waals surface area contributed by atoms with Crippen LogP contribution in [0.5, 0.6) is 0 Å². The van der Waals surface area contributed by atoms with Crippen LogP contribution in [0.1, 0.15) is 55.5 Å². The van der Waals surface area contributed by atoms with Crippen LogP contribution in [0.2, 0.25) is 0 Å². The summed E-state index contributed by atoms with van der Waals surface area (Å²) < 4.78 is 9.03. The Labute approximate surface area is 236 Å². The SMILES string of the molecule is C#CCn1nc(C)cc1C(=O)O.C#CCn1nc(C)cc1C(=O)OCC.C#CCn1nc(C)cc1C(=O)SC#N. The third-order valence-corrected chi connectivity index (χ3v) is 4.97. The number of nitrogens with zero attached hydrogens (tertiary/aromatic N) is 7. The van der Waals surface area contributed by atoms with Gasteiger partial charge in [-0.15, -0.1) is 19.3 Å². The van der Waals surface area contributed by atoms with E-state index in [9.17, 15) is 14.4 Å². The van der Waals surface area contributed by atoms with E-state index in [0.29, 0.717) is 41.1 Å². The molecule has 13 heteroatoms. The van der Waals surface area contributed by atoms with Crippen molar-refractivity contribution in [2.45, 2.75) is 47.3 Å². The highest BCUT2D eigenvalue weighted by Gasteiger charge is 2.15. The predicted molar refractivity (Wildman–Crippen MR) is 148 cm³/mol. The number of carboxylic acid groups (broad SMARTS) is 1. The lowest BCUT2D eigenvalue weighted by Gasteiger charge is -2.02. The van der Waals surface area contributed by atoms with Gasteiger partial charge < -0.3 is 9.84 Å². The van der Waals surface area contributed by atoms with Crippen molar-refractivity contribution in [1.82, 2.24) is 29.3 Å². The van der Waals surface area contributed by atoms with Crippen molar-refractivity contribution in [2.75, 3.05) is 6.61 Å². The molecule has 0 aliphatic carbocycles. The molecule has 0 radical (unpaired) electrons. The lowest BCUT2D eigenvalue weighted by molar-refractivity contribution is 0.0512. The van der Waals surface area contributed by atoms with Crippen LogP contribution < -0.4 is 0 Å². The van der Waals surface area contributed by atoms with E-state index < -0.39 is 5.97 Å². The number of terminal acetylenes is 3. The normalized spacial score (nSPS) is 9.30. The highest BCUT2D eigenvalue weighted by molar-refractivity contribution is 8.18. The molecule has 206 valence electrons. The van der Waals surface area contributed by atoms with Gasteiger partial charge in [0, 0.05) is 11.8 Å². The molecule has 3 aromatic heterocycles. The minimum absolute atomic E-state index is 0.130. The fraction of sp³-hybridized carbons (Fsp3) is 0.296. The fourth-order valence-electron chi connectivity index (χ4n) is 3.06. The van der Waals surface area contributed by atoms with Crippen molar-refractivity contribution in [3.05, 3.63) is 52.4 Å². The number of hydrogen-bond donors (Lipinski definition) is 1. The maximum absolute atomic E-state index is 11.4. The lowest BCUT2D eigenvalue weighted by Crippen LogP contribution is -2.12. The number of esters is 1. The summed E-state index contributed by atoms with van der Waals surface area (Å²) in [4.78, 5) is 33.3. The average Bonchev–Trinajstić information content (AvgIpc) is 3.57. The van der Waals surface area contributed by atoms with Crippen LogP contribution in [0.25, 0.3) is 0 Å². The van der Waals surface area contributed by atoms with Crippen LogP contribution in [0.3, 0.4) is 0 Å². The molecule has 0 aliphatic heterocycles. The number of aromatic nitrogens is 6. The van der Waals surface area contributed by atoms with Crippen molar-refractivity contribution in [1.29, 1.82) is 5.26 Å². The number of rotatable bonds is 7. The van der Waals surface area contributed by atoms with E-state index in [1.807, 2.05) is 0 Å². The van der Waals surface area contributed by atoms with Gasteiger partial charge in [0.1, 0.15) is 42.1 Å². The van der Waals surface area contributed by atoms with E-state index in [0.717, 1.165) is 5.69 Å². The van der Waals surface area contributed by atoms with E-state index in [-0.39, 0.29) is 36.4 Å². The zero-order valence-corrected chi connectivity index (χ0v) is 23.2. The molecule has 0 amide bonds. The lowest BCUT2D eigenvalue weighted by atomic mass is 10.4. The highest BCUT2D eigenvalue weighted by Crippen LogP contribution is 2.12. The van der Waals surface area contributed by atoms with Gasteiger partial charge in [-0.2, -0.15) is 20.6 Å². The molecule has 0 spiro atoms. The van der Waals surface area contributed by atoms with Crippen LogP contribution in [-0.4, -0.2) is 58.1 Å². The largest absolute Gasteiger partial charge is 0.477 e. The summed E-state index contributed by atoms with van der Waals surface area (Å²) >= 11 is 0.575. The molecule has 0 saturated heterocycles. The number of ether oxygens (including phenoxy) is 1. The first kappa shape index (κ1) is 32.8. The predicted octanol–water partition coefficient (Wildman–Crippen LogP) is 2.70. The molecule has 3 heterocycles. The molecule has 0 fully saturated rings. The molecular weight excluding hydrogens is 534 g/mol. The molecule has 0 saturated carbocycles. The Morgan fingerprint density at radius 3 is 1.65 bits per heavy atom. The van der Waals surface area contributed by atoms with Gasteiger partial charge in [-0.1, -0.05) is 17.8 Å². The first-order chi connectivity index (χ1) is 19.0. The van der Waals surface area contributed by atoms with Crippen LogP contribution in [-0.2, 0) is 24.4 Å². The molecule has 12 nitrogen and oxygen atoms in total. The third kappa shape index (κ3) is 9.90. The molecular formula is C27H27N7O5S. The zero-order valence-electron chi connectivity index (χ0n) is 22.4. The maximum atomic E-state index is 11.4. The molecule has 0 atom stereocenters. The third-order valence-electron chi connectivity index (χ3n) is 4.48. The smallest absolute Gasteiger partial charge is 0.356 e. The molecule has 0 aromatic carbocycles. The number of carbonyl (C=O) groups excluding carboxylic acids is 2. The van der Waals surface area contributed by atoms with Gasteiger partial charge in [0.05, 0.1) is 23.7 Å². The molecule has 0 bridgehead atoms. The number of aryl methyl sites for hydroxylation is 3. The monoisotopic (exact) mass is 561 g/mol. The first-order valence-corrected chi connectivity index (χ1v) is 12.3. The Kier molecular flexibility index (Phi) is 13.6. The second-order valence-corrected chi connectivity index (χ2v) is 8.36. The van der Waals surface area contributed by atoms with Gasteiger partial charge in [-0.3, -0.25) is 4.79 Å². The van der Waals surface area contributed by atoms with Crippen LogP contribution in [0.15, 0.2) is 18.2 Å². The van der Waals surface area contributed by atoms with E-state index in [4.69, 9.17) is 34.4 Å². The Morgan fingerprint density at radius 2 is 1.25 bits per heavy atom. The Bertz CT molecular complexity index is 1520. The quantitative estimate of drug-likeness (QED) is 0.258. The molecule has 0 aliphatic rings. The number of nitriles is 1. The summed E-state index contributed by atoms with van der Waals surface area (Å²) in [6, 6.07) is 4.76.